The fourth-order valence-corrected chi connectivity index (χ4v) is 2.69. The number of halogens is 2. The van der Waals surface area contributed by atoms with Gasteiger partial charge in [-0.2, -0.15) is 5.26 Å². The second-order valence-electron chi connectivity index (χ2n) is 5.36. The molecule has 0 saturated heterocycles. The van der Waals surface area contributed by atoms with Crippen molar-refractivity contribution in [1.82, 2.24) is 4.98 Å². The third-order valence-electron chi connectivity index (χ3n) is 3.73. The summed E-state index contributed by atoms with van der Waals surface area (Å²) in [7, 11) is 0. The van der Waals surface area contributed by atoms with E-state index in [4.69, 9.17) is 11.6 Å². The number of nitrogens with one attached hydrogen (secondary N) is 1. The maximum absolute atomic E-state index is 13.3. The molecule has 2 aromatic carbocycles. The van der Waals surface area contributed by atoms with Gasteiger partial charge in [0.15, 0.2) is 0 Å². The number of Topliss-reactive ketones (excluding diaryl/α,β-unsaturated/α-hetero) is 1. The van der Waals surface area contributed by atoms with Crippen LogP contribution in [0.2, 0.25) is 5.02 Å². The molecular formula is C18H9ClFN3O3. The molecule has 0 aliphatic rings. The first-order chi connectivity index (χ1) is 12.4. The van der Waals surface area contributed by atoms with E-state index < -0.39 is 16.5 Å². The molecule has 128 valence electrons. The Morgan fingerprint density at radius 1 is 1.31 bits per heavy atom. The van der Waals surface area contributed by atoms with E-state index >= 15 is 0 Å². The van der Waals surface area contributed by atoms with Crippen molar-refractivity contribution in [3.63, 3.8) is 0 Å². The lowest BCUT2D eigenvalue weighted by Gasteiger charge is -2.00. The van der Waals surface area contributed by atoms with Crippen molar-refractivity contribution in [2.75, 3.05) is 0 Å². The van der Waals surface area contributed by atoms with Crippen LogP contribution in [-0.4, -0.2) is 15.7 Å². The number of hydrogen-bond donors (Lipinski definition) is 1. The van der Waals surface area contributed by atoms with Gasteiger partial charge in [0.05, 0.1) is 4.92 Å². The number of hydrogen-bond acceptors (Lipinski definition) is 4. The van der Waals surface area contributed by atoms with Gasteiger partial charge in [-0.25, -0.2) is 4.39 Å². The number of aromatic nitrogens is 1. The van der Waals surface area contributed by atoms with Gasteiger partial charge in [0.25, 0.3) is 5.69 Å². The van der Waals surface area contributed by atoms with Crippen LogP contribution in [-0.2, 0) is 0 Å². The number of carbonyl (C=O) groups excluding carboxylic acids is 1. The Morgan fingerprint density at radius 3 is 2.77 bits per heavy atom. The summed E-state index contributed by atoms with van der Waals surface area (Å²) in [6.07, 6.45) is 2.63. The standard InChI is InChI=1S/C18H9ClFN3O3/c19-15-4-1-10(6-17(15)23(25)26)5-11(8-21)18(24)14-9-22-16-7-12(20)2-3-13(14)16/h1-7,9,22H. The molecule has 0 saturated carbocycles. The summed E-state index contributed by atoms with van der Waals surface area (Å²) in [5.74, 6) is -1.04. The van der Waals surface area contributed by atoms with E-state index in [1.807, 2.05) is 0 Å². The maximum atomic E-state index is 13.3. The number of aromatic amines is 1. The van der Waals surface area contributed by atoms with Gasteiger partial charge < -0.3 is 4.98 Å². The zero-order chi connectivity index (χ0) is 18.8. The Hall–Kier alpha value is -3.50. The molecule has 0 spiro atoms. The van der Waals surface area contributed by atoms with Gasteiger partial charge in [0.1, 0.15) is 22.5 Å². The molecule has 0 unspecified atom stereocenters. The first kappa shape index (κ1) is 17.3. The molecule has 3 rings (SSSR count). The number of ketones is 1. The van der Waals surface area contributed by atoms with Crippen LogP contribution in [0.5, 0.6) is 0 Å². The smallest absolute Gasteiger partial charge is 0.288 e. The number of benzene rings is 2. The van der Waals surface area contributed by atoms with E-state index in [2.05, 4.69) is 4.98 Å². The largest absolute Gasteiger partial charge is 0.360 e. The topological polar surface area (TPSA) is 99.8 Å². The van der Waals surface area contributed by atoms with Gasteiger partial charge in [-0.3, -0.25) is 14.9 Å². The van der Waals surface area contributed by atoms with Crippen molar-refractivity contribution < 1.29 is 14.1 Å². The molecule has 6 nitrogen and oxygen atoms in total. The minimum absolute atomic E-state index is 0.0457. The van der Waals surface area contributed by atoms with E-state index in [0.29, 0.717) is 10.9 Å². The fourth-order valence-electron chi connectivity index (χ4n) is 2.51. The van der Waals surface area contributed by atoms with Crippen LogP contribution in [0.15, 0.2) is 48.2 Å². The highest BCUT2D eigenvalue weighted by Gasteiger charge is 2.18. The summed E-state index contributed by atoms with van der Waals surface area (Å²) < 4.78 is 13.3. The molecular weight excluding hydrogens is 361 g/mol. The molecule has 0 amide bonds. The second kappa shape index (κ2) is 6.78. The predicted octanol–water partition coefficient (Wildman–Crippen LogP) is 4.66. The lowest BCUT2D eigenvalue weighted by Crippen LogP contribution is -2.01. The number of allylic oxidation sites excluding steroid dienone is 1. The molecule has 0 fully saturated rings. The summed E-state index contributed by atoms with van der Waals surface area (Å²) in [6.45, 7) is 0. The number of fused-ring (bicyclic) bond motifs is 1. The van der Waals surface area contributed by atoms with Crippen molar-refractivity contribution in [2.24, 2.45) is 0 Å². The van der Waals surface area contributed by atoms with Crippen LogP contribution in [0.4, 0.5) is 10.1 Å². The Balaban J connectivity index is 2.04. The van der Waals surface area contributed by atoms with Gasteiger partial charge in [0, 0.05) is 28.7 Å². The van der Waals surface area contributed by atoms with E-state index in [9.17, 15) is 24.6 Å². The first-order valence-corrected chi connectivity index (χ1v) is 7.65. The third kappa shape index (κ3) is 3.18. The summed E-state index contributed by atoms with van der Waals surface area (Å²) in [5, 5.41) is 20.7. The molecule has 0 atom stereocenters. The van der Waals surface area contributed by atoms with Crippen LogP contribution in [0.25, 0.3) is 17.0 Å². The average Bonchev–Trinajstić information content (AvgIpc) is 3.03. The quantitative estimate of drug-likeness (QED) is 0.237. The van der Waals surface area contributed by atoms with Crippen LogP contribution in [0.3, 0.4) is 0 Å². The second-order valence-corrected chi connectivity index (χ2v) is 5.77. The summed E-state index contributed by atoms with van der Waals surface area (Å²) in [5.41, 5.74) is 0.375. The van der Waals surface area contributed by atoms with Crippen molar-refractivity contribution in [2.45, 2.75) is 0 Å². The van der Waals surface area contributed by atoms with Crippen molar-refractivity contribution in [1.29, 1.82) is 5.26 Å². The predicted molar refractivity (Wildman–Crippen MR) is 94.3 cm³/mol. The van der Waals surface area contributed by atoms with Crippen molar-refractivity contribution >= 4 is 40.1 Å². The van der Waals surface area contributed by atoms with E-state index in [1.165, 1.54) is 48.7 Å². The van der Waals surface area contributed by atoms with Crippen molar-refractivity contribution in [3.8, 4) is 6.07 Å². The number of carbonyl (C=O) groups is 1. The molecule has 8 heteroatoms. The minimum atomic E-state index is -0.651. The third-order valence-corrected chi connectivity index (χ3v) is 4.05. The molecule has 0 bridgehead atoms. The van der Waals surface area contributed by atoms with E-state index in [0.717, 1.165) is 0 Å². The van der Waals surface area contributed by atoms with Crippen LogP contribution in [0.1, 0.15) is 15.9 Å². The van der Waals surface area contributed by atoms with Crippen LogP contribution >= 0.6 is 11.6 Å². The monoisotopic (exact) mass is 369 g/mol. The maximum Gasteiger partial charge on any atom is 0.288 e. The fraction of sp³-hybridized carbons (Fsp3) is 0. The average molecular weight is 370 g/mol. The summed E-state index contributed by atoms with van der Waals surface area (Å²) in [6, 6.07) is 9.65. The highest BCUT2D eigenvalue weighted by molar-refractivity contribution is 6.32. The normalized spacial score (nSPS) is 11.3. The van der Waals surface area contributed by atoms with Gasteiger partial charge in [0.2, 0.25) is 5.78 Å². The Bertz CT molecular complexity index is 1130. The number of H-pyrrole nitrogens is 1. The highest BCUT2D eigenvalue weighted by Crippen LogP contribution is 2.27. The molecule has 1 aromatic heterocycles. The molecule has 0 aliphatic heterocycles. The Morgan fingerprint density at radius 2 is 2.08 bits per heavy atom. The Kier molecular flexibility index (Phi) is 4.52. The number of nitrogens with zero attached hydrogens (tertiary/aromatic N) is 2. The van der Waals surface area contributed by atoms with Gasteiger partial charge >= 0.3 is 0 Å². The van der Waals surface area contributed by atoms with Crippen LogP contribution < -0.4 is 0 Å². The van der Waals surface area contributed by atoms with Gasteiger partial charge in [-0.1, -0.05) is 17.7 Å². The Labute approximate surface area is 151 Å². The van der Waals surface area contributed by atoms with Gasteiger partial charge in [-0.15, -0.1) is 0 Å². The lowest BCUT2D eigenvalue weighted by molar-refractivity contribution is -0.384. The number of rotatable bonds is 4. The van der Waals surface area contributed by atoms with E-state index in [-0.39, 0.29) is 27.4 Å². The molecule has 1 heterocycles. The molecule has 3 aromatic rings. The number of nitriles is 1. The highest BCUT2D eigenvalue weighted by atomic mass is 35.5. The van der Waals surface area contributed by atoms with Crippen LogP contribution in [0, 0.1) is 27.3 Å². The van der Waals surface area contributed by atoms with Gasteiger partial charge in [-0.05, 0) is 35.9 Å². The molecule has 26 heavy (non-hydrogen) atoms. The van der Waals surface area contributed by atoms with Crippen molar-refractivity contribution in [3.05, 3.63) is 80.2 Å². The molecule has 0 aliphatic carbocycles. The van der Waals surface area contributed by atoms with E-state index in [1.54, 1.807) is 6.07 Å². The minimum Gasteiger partial charge on any atom is -0.360 e. The number of nitro groups is 1. The SMILES string of the molecule is N#CC(=Cc1ccc(Cl)c([N+](=O)[O-])c1)C(=O)c1c[nH]c2cc(F)ccc12. The number of nitro benzene ring substituents is 1. The summed E-state index contributed by atoms with van der Waals surface area (Å²) in [4.78, 5) is 25.7. The first-order valence-electron chi connectivity index (χ1n) is 7.28. The zero-order valence-corrected chi connectivity index (χ0v) is 13.7. The molecule has 0 radical (unpaired) electrons. The summed E-state index contributed by atoms with van der Waals surface area (Å²) >= 11 is 5.75. The lowest BCUT2D eigenvalue weighted by atomic mass is 10.0. The molecule has 1 N–H and O–H groups in total. The zero-order valence-electron chi connectivity index (χ0n) is 13.0.